The van der Waals surface area contributed by atoms with E-state index in [4.69, 9.17) is 4.74 Å². The van der Waals surface area contributed by atoms with Crippen LogP contribution in [0.3, 0.4) is 0 Å². The van der Waals surface area contributed by atoms with Crippen molar-refractivity contribution in [3.05, 3.63) is 64.2 Å². The summed E-state index contributed by atoms with van der Waals surface area (Å²) in [5.74, 6) is 0.0769. The van der Waals surface area contributed by atoms with E-state index in [9.17, 15) is 21.6 Å². The predicted molar refractivity (Wildman–Crippen MR) is 167 cm³/mol. The number of amides is 1. The van der Waals surface area contributed by atoms with Gasteiger partial charge in [0.1, 0.15) is 5.75 Å². The van der Waals surface area contributed by atoms with Crippen LogP contribution in [0.25, 0.3) is 11.1 Å². The van der Waals surface area contributed by atoms with Crippen LogP contribution < -0.4 is 9.46 Å². The van der Waals surface area contributed by atoms with Gasteiger partial charge in [0.2, 0.25) is 20.0 Å². The van der Waals surface area contributed by atoms with Gasteiger partial charge in [-0.1, -0.05) is 31.4 Å². The first-order valence-electron chi connectivity index (χ1n) is 15.6. The molecule has 3 fully saturated rings. The Balaban J connectivity index is 1.42. The first-order valence-corrected chi connectivity index (χ1v) is 18.6. The number of rotatable bonds is 7. The molecule has 1 amide bonds. The van der Waals surface area contributed by atoms with E-state index in [2.05, 4.69) is 10.8 Å². The van der Waals surface area contributed by atoms with Crippen LogP contribution in [0.4, 0.5) is 0 Å². The molecule has 1 N–H and O–H groups in total. The number of carbonyl (C=O) groups excluding carboxylic acids is 1. The van der Waals surface area contributed by atoms with Crippen LogP contribution in [-0.4, -0.2) is 57.2 Å². The molecule has 2 saturated carbocycles. The summed E-state index contributed by atoms with van der Waals surface area (Å²) in [5.41, 5.74) is 6.91. The van der Waals surface area contributed by atoms with Crippen LogP contribution in [0.15, 0.2) is 36.4 Å². The quantitative estimate of drug-likeness (QED) is 0.441. The van der Waals surface area contributed by atoms with Gasteiger partial charge in [-0.3, -0.25) is 4.79 Å². The summed E-state index contributed by atoms with van der Waals surface area (Å²) in [6.07, 6.45) is 7.56. The number of nitrogens with one attached hydrogen (secondary N) is 1. The fraction of sp³-hybridized carbons (Fsp3) is 0.545. The van der Waals surface area contributed by atoms with E-state index in [1.54, 1.807) is 17.5 Å². The maximum atomic E-state index is 14.3. The number of benzene rings is 2. The highest BCUT2D eigenvalue weighted by atomic mass is 32.2. The van der Waals surface area contributed by atoms with Crippen molar-refractivity contribution in [1.29, 1.82) is 0 Å². The van der Waals surface area contributed by atoms with E-state index in [0.29, 0.717) is 31.8 Å². The molecule has 3 atom stereocenters. The zero-order valence-electron chi connectivity index (χ0n) is 25.1. The van der Waals surface area contributed by atoms with Gasteiger partial charge >= 0.3 is 0 Å². The number of fused-ring (bicyclic) bond motifs is 7. The third-order valence-corrected chi connectivity index (χ3v) is 15.1. The van der Waals surface area contributed by atoms with Crippen molar-refractivity contribution in [3.8, 4) is 5.75 Å². The smallest absolute Gasteiger partial charge is 0.264 e. The highest BCUT2D eigenvalue weighted by Gasteiger charge is 2.69. The number of ether oxygens (including phenoxy) is 1. The molecule has 4 aliphatic carbocycles. The normalized spacial score (nSPS) is 27.0. The number of methoxy groups -OCH3 is 1. The molecule has 5 aliphatic rings. The Morgan fingerprint density at radius 1 is 0.907 bits per heavy atom. The average molecular weight is 625 g/mol. The topological polar surface area (TPSA) is 110 Å². The molecule has 8 nitrogen and oxygen atoms in total. The van der Waals surface area contributed by atoms with Crippen molar-refractivity contribution >= 4 is 37.1 Å². The molecule has 0 aromatic heterocycles. The summed E-state index contributed by atoms with van der Waals surface area (Å²) in [6.45, 7) is 4.20. The number of allylic oxidation sites excluding steroid dienone is 2. The number of hydrogen-bond acceptors (Lipinski definition) is 6. The SMILES string of the molecule is COc1ccc2c(c1)C1CC1(S(=O)(=O)N1CCC1)CC1C2=C(C2CCCCC2)c2ccc(C(=O)NS(=O)(=O)C(C)C)cc21. The minimum Gasteiger partial charge on any atom is -0.497 e. The number of nitrogens with zero attached hydrogens (tertiary/aromatic N) is 1. The van der Waals surface area contributed by atoms with E-state index in [0.717, 1.165) is 60.1 Å². The van der Waals surface area contributed by atoms with E-state index in [1.165, 1.54) is 31.4 Å². The van der Waals surface area contributed by atoms with Gasteiger partial charge in [-0.2, -0.15) is 0 Å². The Morgan fingerprint density at radius 3 is 2.26 bits per heavy atom. The molecule has 230 valence electrons. The van der Waals surface area contributed by atoms with Gasteiger partial charge in [0.05, 0.1) is 17.1 Å². The van der Waals surface area contributed by atoms with Crippen LogP contribution in [0.2, 0.25) is 0 Å². The van der Waals surface area contributed by atoms with Gasteiger partial charge < -0.3 is 4.74 Å². The molecule has 10 heteroatoms. The average Bonchev–Trinajstić information content (AvgIpc) is 3.63. The summed E-state index contributed by atoms with van der Waals surface area (Å²) in [5, 5.41) is -0.745. The molecule has 0 spiro atoms. The molecule has 2 aromatic rings. The predicted octanol–water partition coefficient (Wildman–Crippen LogP) is 5.42. The van der Waals surface area contributed by atoms with Crippen LogP contribution in [0.1, 0.15) is 110 Å². The molecule has 3 unspecified atom stereocenters. The second kappa shape index (κ2) is 10.2. The summed E-state index contributed by atoms with van der Waals surface area (Å²) in [7, 11) is -5.73. The van der Waals surface area contributed by atoms with Gasteiger partial charge in [-0.15, -0.1) is 0 Å². The van der Waals surface area contributed by atoms with Crippen LogP contribution in [-0.2, 0) is 20.0 Å². The fourth-order valence-electron chi connectivity index (χ4n) is 8.04. The van der Waals surface area contributed by atoms with Crippen molar-refractivity contribution in [3.63, 3.8) is 0 Å². The standard InChI is InChI=1S/C33H40N2O6S2/c1-20(2)42(37,38)34-32(36)22-10-12-24-26(16-22)28-18-33(43(39,40)35-14-7-15-35)19-29(33)27-17-23(41-3)11-13-25(27)31(28)30(24)21-8-5-4-6-9-21/h10-13,16-17,20-21,28-29H,4-9,14-15,18-19H2,1-3H3,(H,34,36). The van der Waals surface area contributed by atoms with E-state index >= 15 is 0 Å². The second-order valence-electron chi connectivity index (χ2n) is 13.3. The lowest BCUT2D eigenvalue weighted by molar-refractivity contribution is 0.0981. The third-order valence-electron chi connectivity index (χ3n) is 10.7. The minimum atomic E-state index is -3.81. The first kappa shape index (κ1) is 29.0. The molecule has 1 aliphatic heterocycles. The van der Waals surface area contributed by atoms with Crippen molar-refractivity contribution in [1.82, 2.24) is 9.03 Å². The third kappa shape index (κ3) is 4.42. The number of carbonyl (C=O) groups is 1. The van der Waals surface area contributed by atoms with Crippen LogP contribution in [0, 0.1) is 5.92 Å². The zero-order valence-corrected chi connectivity index (χ0v) is 26.7. The zero-order chi connectivity index (χ0) is 30.3. The Morgan fingerprint density at radius 2 is 1.60 bits per heavy atom. The Kier molecular flexibility index (Phi) is 6.87. The minimum absolute atomic E-state index is 0.125. The van der Waals surface area contributed by atoms with Gasteiger partial charge in [-0.05, 0) is 110 Å². The monoisotopic (exact) mass is 624 g/mol. The molecule has 2 aromatic carbocycles. The highest BCUT2D eigenvalue weighted by molar-refractivity contribution is 7.91. The molecule has 0 bridgehead atoms. The van der Waals surface area contributed by atoms with Crippen molar-refractivity contribution in [2.45, 2.75) is 87.0 Å². The summed E-state index contributed by atoms with van der Waals surface area (Å²) in [4.78, 5) is 13.3. The van der Waals surface area contributed by atoms with E-state index in [-0.39, 0.29) is 17.4 Å². The Hall–Kier alpha value is -2.69. The molecule has 0 radical (unpaired) electrons. The molecular formula is C33H40N2O6S2. The van der Waals surface area contributed by atoms with Crippen molar-refractivity contribution < 1.29 is 26.4 Å². The highest BCUT2D eigenvalue weighted by Crippen LogP contribution is 2.69. The first-order chi connectivity index (χ1) is 20.5. The lowest BCUT2D eigenvalue weighted by Crippen LogP contribution is -2.48. The summed E-state index contributed by atoms with van der Waals surface area (Å²) in [6, 6.07) is 11.6. The Labute approximate surface area is 255 Å². The molecule has 1 heterocycles. The van der Waals surface area contributed by atoms with Crippen molar-refractivity contribution in [2.24, 2.45) is 5.92 Å². The lowest BCUT2D eigenvalue weighted by atomic mass is 9.78. The van der Waals surface area contributed by atoms with Crippen LogP contribution in [0.5, 0.6) is 5.75 Å². The second-order valence-corrected chi connectivity index (χ2v) is 17.8. The van der Waals surface area contributed by atoms with Gasteiger partial charge in [0.15, 0.2) is 0 Å². The summed E-state index contributed by atoms with van der Waals surface area (Å²) >= 11 is 0. The molecular weight excluding hydrogens is 585 g/mol. The van der Waals surface area contributed by atoms with Crippen LogP contribution >= 0.6 is 0 Å². The molecule has 7 rings (SSSR count). The fourth-order valence-corrected chi connectivity index (χ4v) is 11.1. The maximum Gasteiger partial charge on any atom is 0.264 e. The Bertz CT molecular complexity index is 1750. The largest absolute Gasteiger partial charge is 0.497 e. The summed E-state index contributed by atoms with van der Waals surface area (Å²) < 4.78 is 62.2. The van der Waals surface area contributed by atoms with E-state index < -0.39 is 36.0 Å². The van der Waals surface area contributed by atoms with Gasteiger partial charge in [0, 0.05) is 30.5 Å². The van der Waals surface area contributed by atoms with E-state index in [1.807, 2.05) is 24.3 Å². The number of hydrogen-bond donors (Lipinski definition) is 1. The maximum absolute atomic E-state index is 14.3. The lowest BCUT2D eigenvalue weighted by Gasteiger charge is -2.35. The molecule has 43 heavy (non-hydrogen) atoms. The van der Waals surface area contributed by atoms with Gasteiger partial charge in [0.25, 0.3) is 5.91 Å². The van der Waals surface area contributed by atoms with Crippen molar-refractivity contribution in [2.75, 3.05) is 20.2 Å². The number of sulfonamides is 2. The van der Waals surface area contributed by atoms with Gasteiger partial charge in [-0.25, -0.2) is 25.9 Å². The molecule has 1 saturated heterocycles.